The van der Waals surface area contributed by atoms with Crippen molar-refractivity contribution in [3.63, 3.8) is 0 Å². The average Bonchev–Trinajstić information content (AvgIpc) is 3.16. The SMILES string of the molecule is NC(=O)c1c(NC(=O)Nc2ccc(Cl)cc2)sc2c1C1CC[C@H](C2)N1CC1CCC1. The molecular weight excluding hydrogens is 420 g/mol. The largest absolute Gasteiger partial charge is 0.365 e. The number of nitrogens with one attached hydrogen (secondary N) is 2. The molecular formula is C22H25ClN4O2S. The van der Waals surface area contributed by atoms with Crippen molar-refractivity contribution < 1.29 is 9.59 Å². The molecule has 1 aromatic heterocycles. The molecule has 6 nitrogen and oxygen atoms in total. The summed E-state index contributed by atoms with van der Waals surface area (Å²) in [6.45, 7) is 1.11. The van der Waals surface area contributed by atoms with Crippen LogP contribution in [0.1, 0.15) is 58.9 Å². The van der Waals surface area contributed by atoms with Crippen LogP contribution < -0.4 is 16.4 Å². The van der Waals surface area contributed by atoms with E-state index in [9.17, 15) is 9.59 Å². The lowest BCUT2D eigenvalue weighted by atomic mass is 9.84. The highest BCUT2D eigenvalue weighted by Crippen LogP contribution is 2.51. The number of urea groups is 1. The van der Waals surface area contributed by atoms with Crippen LogP contribution in [0, 0.1) is 5.92 Å². The summed E-state index contributed by atoms with van der Waals surface area (Å²) in [5.41, 5.74) is 7.98. The number of primary amides is 1. The molecule has 2 atom stereocenters. The smallest absolute Gasteiger partial charge is 0.324 e. The maximum absolute atomic E-state index is 12.6. The van der Waals surface area contributed by atoms with Crippen LogP contribution in [0.2, 0.25) is 5.02 Å². The number of rotatable bonds is 5. The van der Waals surface area contributed by atoms with E-state index in [1.165, 1.54) is 35.5 Å². The number of anilines is 2. The summed E-state index contributed by atoms with van der Waals surface area (Å²) in [6.07, 6.45) is 7.11. The molecule has 3 heterocycles. The van der Waals surface area contributed by atoms with E-state index >= 15 is 0 Å². The van der Waals surface area contributed by atoms with Crippen molar-refractivity contribution in [2.75, 3.05) is 17.2 Å². The maximum Gasteiger partial charge on any atom is 0.324 e. The second-order valence-electron chi connectivity index (χ2n) is 8.54. The number of hydrogen-bond acceptors (Lipinski definition) is 4. The topological polar surface area (TPSA) is 87.5 Å². The third kappa shape index (κ3) is 3.59. The number of halogens is 1. The zero-order valence-corrected chi connectivity index (χ0v) is 18.2. The van der Waals surface area contributed by atoms with Crippen LogP contribution in [0.3, 0.4) is 0 Å². The summed E-state index contributed by atoms with van der Waals surface area (Å²) < 4.78 is 0. The number of nitrogens with two attached hydrogens (primary N) is 1. The Kier molecular flexibility index (Phi) is 5.21. The van der Waals surface area contributed by atoms with E-state index < -0.39 is 11.9 Å². The van der Waals surface area contributed by atoms with E-state index in [2.05, 4.69) is 15.5 Å². The normalized spacial score (nSPS) is 23.0. The molecule has 1 aliphatic carbocycles. The third-order valence-electron chi connectivity index (χ3n) is 6.69. The molecule has 2 aromatic rings. The Balaban J connectivity index is 1.39. The summed E-state index contributed by atoms with van der Waals surface area (Å²) in [6, 6.07) is 7.27. The monoisotopic (exact) mass is 444 g/mol. The van der Waals surface area contributed by atoms with Crippen molar-refractivity contribution in [1.82, 2.24) is 4.90 Å². The van der Waals surface area contributed by atoms with Gasteiger partial charge in [-0.15, -0.1) is 11.3 Å². The fraction of sp³-hybridized carbons (Fsp3) is 0.455. The quantitative estimate of drug-likeness (QED) is 0.605. The van der Waals surface area contributed by atoms with E-state index in [-0.39, 0.29) is 6.04 Å². The predicted molar refractivity (Wildman–Crippen MR) is 120 cm³/mol. The van der Waals surface area contributed by atoms with Gasteiger partial charge in [0.1, 0.15) is 5.00 Å². The molecule has 3 aliphatic rings. The number of carbonyl (C=O) groups excluding carboxylic acids is 2. The zero-order chi connectivity index (χ0) is 20.8. The molecule has 1 unspecified atom stereocenters. The standard InChI is InChI=1S/C22H25ClN4O2S/c23-13-4-6-14(7-5-13)25-22(29)26-21-19(20(24)28)18-16-9-8-15(10-17(18)30-21)27(16)11-12-2-1-3-12/h4-7,12,15-16H,1-3,8-11H2,(H2,24,28)(H2,25,26,29)/t15-,16?/m1/s1. The van der Waals surface area contributed by atoms with E-state index in [0.717, 1.165) is 37.3 Å². The third-order valence-corrected chi connectivity index (χ3v) is 8.08. The minimum atomic E-state index is -0.469. The molecule has 1 aromatic carbocycles. The van der Waals surface area contributed by atoms with Crippen molar-refractivity contribution in [2.24, 2.45) is 11.7 Å². The minimum Gasteiger partial charge on any atom is -0.365 e. The lowest BCUT2D eigenvalue weighted by Crippen LogP contribution is -2.41. The number of nitrogens with zero attached hydrogens (tertiary/aromatic N) is 1. The van der Waals surface area contributed by atoms with Gasteiger partial charge >= 0.3 is 6.03 Å². The first-order chi connectivity index (χ1) is 14.5. The summed E-state index contributed by atoms with van der Waals surface area (Å²) in [7, 11) is 0. The van der Waals surface area contributed by atoms with Gasteiger partial charge in [-0.3, -0.25) is 15.0 Å². The average molecular weight is 445 g/mol. The molecule has 1 saturated heterocycles. The van der Waals surface area contributed by atoms with Crippen LogP contribution in [-0.2, 0) is 6.42 Å². The molecule has 3 amide bonds. The highest BCUT2D eigenvalue weighted by Gasteiger charge is 2.44. The van der Waals surface area contributed by atoms with E-state index in [1.807, 2.05) is 0 Å². The molecule has 2 fully saturated rings. The Bertz CT molecular complexity index is 986. The van der Waals surface area contributed by atoms with Gasteiger partial charge in [0, 0.05) is 34.2 Å². The minimum absolute atomic E-state index is 0.243. The molecule has 4 N–H and O–H groups in total. The molecule has 8 heteroatoms. The maximum atomic E-state index is 12.6. The summed E-state index contributed by atoms with van der Waals surface area (Å²) in [5.74, 6) is 0.316. The van der Waals surface area contributed by atoms with Gasteiger partial charge in [0.15, 0.2) is 0 Å². The number of amides is 3. The second-order valence-corrected chi connectivity index (χ2v) is 10.1. The zero-order valence-electron chi connectivity index (χ0n) is 16.6. The molecule has 0 radical (unpaired) electrons. The summed E-state index contributed by atoms with van der Waals surface area (Å²) in [4.78, 5) is 28.8. The van der Waals surface area contributed by atoms with Crippen LogP contribution in [0.25, 0.3) is 0 Å². The van der Waals surface area contributed by atoms with E-state index in [1.54, 1.807) is 24.3 Å². The second kappa shape index (κ2) is 7.87. The Morgan fingerprint density at radius 3 is 2.57 bits per heavy atom. The lowest BCUT2D eigenvalue weighted by molar-refractivity contribution is 0.0987. The van der Waals surface area contributed by atoms with Crippen LogP contribution in [0.5, 0.6) is 0 Å². The first-order valence-electron chi connectivity index (χ1n) is 10.5. The van der Waals surface area contributed by atoms with E-state index in [0.29, 0.717) is 27.3 Å². The van der Waals surface area contributed by atoms with Crippen molar-refractivity contribution in [1.29, 1.82) is 0 Å². The van der Waals surface area contributed by atoms with Gasteiger partial charge in [0.2, 0.25) is 0 Å². The molecule has 30 heavy (non-hydrogen) atoms. The molecule has 5 rings (SSSR count). The highest BCUT2D eigenvalue weighted by molar-refractivity contribution is 7.17. The van der Waals surface area contributed by atoms with Gasteiger partial charge in [-0.05, 0) is 67.9 Å². The van der Waals surface area contributed by atoms with Crippen molar-refractivity contribution >= 4 is 45.6 Å². The van der Waals surface area contributed by atoms with Gasteiger partial charge in [-0.2, -0.15) is 0 Å². The van der Waals surface area contributed by atoms with Gasteiger partial charge in [-0.1, -0.05) is 18.0 Å². The van der Waals surface area contributed by atoms with Crippen LogP contribution in [-0.4, -0.2) is 29.4 Å². The Morgan fingerprint density at radius 1 is 1.13 bits per heavy atom. The molecule has 1 saturated carbocycles. The number of benzene rings is 1. The first-order valence-corrected chi connectivity index (χ1v) is 11.7. The van der Waals surface area contributed by atoms with Crippen LogP contribution in [0.15, 0.2) is 24.3 Å². The number of carbonyl (C=O) groups is 2. The molecule has 158 valence electrons. The van der Waals surface area contributed by atoms with Crippen LogP contribution in [0.4, 0.5) is 15.5 Å². The number of fused-ring (bicyclic) bond motifs is 4. The predicted octanol–water partition coefficient (Wildman–Crippen LogP) is 5.01. The lowest BCUT2D eigenvalue weighted by Gasteiger charge is -2.39. The number of thiophene rings is 1. The Hall–Kier alpha value is -2.09. The van der Waals surface area contributed by atoms with Gasteiger partial charge in [-0.25, -0.2) is 4.79 Å². The highest BCUT2D eigenvalue weighted by atomic mass is 35.5. The number of hydrogen-bond donors (Lipinski definition) is 3. The molecule has 2 aliphatic heterocycles. The molecule has 2 bridgehead atoms. The fourth-order valence-corrected chi connectivity index (χ4v) is 6.51. The van der Waals surface area contributed by atoms with Crippen molar-refractivity contribution in [3.8, 4) is 0 Å². The van der Waals surface area contributed by atoms with Gasteiger partial charge in [0.05, 0.1) is 5.56 Å². The van der Waals surface area contributed by atoms with E-state index in [4.69, 9.17) is 17.3 Å². The van der Waals surface area contributed by atoms with Crippen molar-refractivity contribution in [2.45, 2.75) is 50.6 Å². The summed E-state index contributed by atoms with van der Waals surface area (Å²) >= 11 is 7.40. The summed E-state index contributed by atoms with van der Waals surface area (Å²) in [5, 5.41) is 6.80. The molecule has 0 spiro atoms. The first kappa shape index (κ1) is 19.8. The van der Waals surface area contributed by atoms with Crippen LogP contribution >= 0.6 is 22.9 Å². The Labute approximate surface area is 184 Å². The van der Waals surface area contributed by atoms with Gasteiger partial charge < -0.3 is 11.1 Å². The van der Waals surface area contributed by atoms with Gasteiger partial charge in [0.25, 0.3) is 5.91 Å². The van der Waals surface area contributed by atoms with Crippen molar-refractivity contribution in [3.05, 3.63) is 45.3 Å². The fourth-order valence-electron chi connectivity index (χ4n) is 5.06. The Morgan fingerprint density at radius 2 is 1.90 bits per heavy atom.